The van der Waals surface area contributed by atoms with Crippen molar-refractivity contribution >= 4 is 40.9 Å². The minimum Gasteiger partial charge on any atom is -0.373 e. The third kappa shape index (κ3) is 4.58. The van der Waals surface area contributed by atoms with Crippen LogP contribution < -0.4 is 16.0 Å². The van der Waals surface area contributed by atoms with Crippen molar-refractivity contribution in [3.8, 4) is 0 Å². The smallest absolute Gasteiger partial charge is 0.262 e. The SMILES string of the molecule is CNC(=N)c1ccc(C(=O)Nc2c(C(=O)Nc3ccc(Cl)cn3)cnn2C)cc1. The average molecular weight is 412 g/mol. The van der Waals surface area contributed by atoms with E-state index in [-0.39, 0.29) is 17.2 Å². The van der Waals surface area contributed by atoms with Gasteiger partial charge in [0.15, 0.2) is 0 Å². The second-order valence-electron chi connectivity index (χ2n) is 6.00. The predicted octanol–water partition coefficient (Wildman–Crippen LogP) is 2.52. The Kier molecular flexibility index (Phi) is 5.89. The molecule has 0 unspecified atom stereocenters. The number of carbonyl (C=O) groups excluding carboxylic acids is 2. The summed E-state index contributed by atoms with van der Waals surface area (Å²) in [6, 6.07) is 9.70. The molecule has 0 bridgehead atoms. The van der Waals surface area contributed by atoms with E-state index in [9.17, 15) is 9.59 Å². The number of amidine groups is 1. The third-order valence-electron chi connectivity index (χ3n) is 4.07. The number of aryl methyl sites for hydroxylation is 1. The molecule has 0 spiro atoms. The van der Waals surface area contributed by atoms with Crippen LogP contribution in [0.2, 0.25) is 5.02 Å². The lowest BCUT2D eigenvalue weighted by atomic mass is 10.1. The molecule has 148 valence electrons. The van der Waals surface area contributed by atoms with Crippen LogP contribution in [0.4, 0.5) is 11.6 Å². The van der Waals surface area contributed by atoms with Crippen LogP contribution >= 0.6 is 11.6 Å². The van der Waals surface area contributed by atoms with Gasteiger partial charge in [0, 0.05) is 31.4 Å². The highest BCUT2D eigenvalue weighted by Crippen LogP contribution is 2.18. The molecule has 4 N–H and O–H groups in total. The molecule has 0 aliphatic carbocycles. The summed E-state index contributed by atoms with van der Waals surface area (Å²) in [5.74, 6) is -0.0641. The van der Waals surface area contributed by atoms with Crippen LogP contribution in [-0.2, 0) is 7.05 Å². The van der Waals surface area contributed by atoms with Crippen LogP contribution in [0.15, 0.2) is 48.8 Å². The molecule has 0 saturated heterocycles. The summed E-state index contributed by atoms with van der Waals surface area (Å²) in [4.78, 5) is 29.2. The molecular weight excluding hydrogens is 394 g/mol. The van der Waals surface area contributed by atoms with Gasteiger partial charge >= 0.3 is 0 Å². The van der Waals surface area contributed by atoms with Crippen molar-refractivity contribution in [1.29, 1.82) is 5.41 Å². The van der Waals surface area contributed by atoms with Crippen molar-refractivity contribution in [3.05, 3.63) is 70.5 Å². The van der Waals surface area contributed by atoms with Crippen molar-refractivity contribution in [1.82, 2.24) is 20.1 Å². The Balaban J connectivity index is 1.76. The minimum absolute atomic E-state index is 0.186. The molecule has 0 aliphatic rings. The van der Waals surface area contributed by atoms with Gasteiger partial charge in [0.2, 0.25) is 0 Å². The summed E-state index contributed by atoms with van der Waals surface area (Å²) in [6.45, 7) is 0. The number of aromatic nitrogens is 3. The third-order valence-corrected chi connectivity index (χ3v) is 4.29. The van der Waals surface area contributed by atoms with Gasteiger partial charge in [-0.1, -0.05) is 23.7 Å². The number of hydrogen-bond acceptors (Lipinski definition) is 5. The highest BCUT2D eigenvalue weighted by Gasteiger charge is 2.19. The first-order chi connectivity index (χ1) is 13.9. The summed E-state index contributed by atoms with van der Waals surface area (Å²) in [6.07, 6.45) is 2.78. The second-order valence-corrected chi connectivity index (χ2v) is 6.44. The molecule has 3 aromatic rings. The fraction of sp³-hybridized carbons (Fsp3) is 0.105. The van der Waals surface area contributed by atoms with E-state index in [0.29, 0.717) is 22.0 Å². The van der Waals surface area contributed by atoms with Crippen LogP contribution in [-0.4, -0.2) is 39.5 Å². The van der Waals surface area contributed by atoms with Gasteiger partial charge in [0.05, 0.1) is 11.2 Å². The first kappa shape index (κ1) is 20.0. The van der Waals surface area contributed by atoms with Crippen LogP contribution in [0.25, 0.3) is 0 Å². The van der Waals surface area contributed by atoms with Crippen molar-refractivity contribution in [2.75, 3.05) is 17.7 Å². The molecule has 10 heteroatoms. The largest absolute Gasteiger partial charge is 0.373 e. The molecule has 3 rings (SSSR count). The van der Waals surface area contributed by atoms with Gasteiger partial charge in [-0.05, 0) is 24.3 Å². The van der Waals surface area contributed by atoms with Crippen LogP contribution in [0, 0.1) is 5.41 Å². The zero-order valence-electron chi connectivity index (χ0n) is 15.7. The fourth-order valence-electron chi connectivity index (χ4n) is 2.50. The van der Waals surface area contributed by atoms with E-state index in [1.807, 2.05) is 0 Å². The highest BCUT2D eigenvalue weighted by molar-refractivity contribution is 6.30. The Bertz CT molecular complexity index is 1060. The van der Waals surface area contributed by atoms with Crippen molar-refractivity contribution in [2.24, 2.45) is 7.05 Å². The number of hydrogen-bond donors (Lipinski definition) is 4. The van der Waals surface area contributed by atoms with E-state index in [4.69, 9.17) is 17.0 Å². The van der Waals surface area contributed by atoms with Crippen molar-refractivity contribution < 1.29 is 9.59 Å². The maximum absolute atomic E-state index is 12.6. The molecule has 2 amide bonds. The number of benzene rings is 1. The van der Waals surface area contributed by atoms with E-state index >= 15 is 0 Å². The summed E-state index contributed by atoms with van der Waals surface area (Å²) in [5.41, 5.74) is 1.22. The van der Waals surface area contributed by atoms with Crippen LogP contribution in [0.1, 0.15) is 26.3 Å². The van der Waals surface area contributed by atoms with Gasteiger partial charge in [-0.25, -0.2) is 4.98 Å². The van der Waals surface area contributed by atoms with E-state index in [2.05, 4.69) is 26.0 Å². The predicted molar refractivity (Wildman–Crippen MR) is 111 cm³/mol. The first-order valence-corrected chi connectivity index (χ1v) is 8.90. The zero-order chi connectivity index (χ0) is 21.0. The summed E-state index contributed by atoms with van der Waals surface area (Å²) in [5, 5.41) is 20.3. The molecule has 0 aliphatic heterocycles. The minimum atomic E-state index is -0.471. The van der Waals surface area contributed by atoms with E-state index in [1.165, 1.54) is 17.1 Å². The molecule has 2 heterocycles. The normalized spacial score (nSPS) is 10.3. The number of anilines is 2. The van der Waals surface area contributed by atoms with E-state index < -0.39 is 11.8 Å². The maximum Gasteiger partial charge on any atom is 0.262 e. The highest BCUT2D eigenvalue weighted by atomic mass is 35.5. The number of pyridine rings is 1. The fourth-order valence-corrected chi connectivity index (χ4v) is 2.61. The number of nitrogens with one attached hydrogen (secondary N) is 4. The Labute approximate surface area is 171 Å². The Morgan fingerprint density at radius 1 is 1.00 bits per heavy atom. The lowest BCUT2D eigenvalue weighted by Crippen LogP contribution is -2.20. The number of halogens is 1. The lowest BCUT2D eigenvalue weighted by Gasteiger charge is -2.10. The Morgan fingerprint density at radius 2 is 1.69 bits per heavy atom. The molecule has 9 nitrogen and oxygen atoms in total. The number of rotatable bonds is 5. The summed E-state index contributed by atoms with van der Waals surface area (Å²) >= 11 is 5.79. The maximum atomic E-state index is 12.6. The molecule has 29 heavy (non-hydrogen) atoms. The van der Waals surface area contributed by atoms with Crippen molar-refractivity contribution in [2.45, 2.75) is 0 Å². The summed E-state index contributed by atoms with van der Waals surface area (Å²) < 4.78 is 1.40. The standard InChI is InChI=1S/C19H18ClN7O2/c1-22-16(21)11-3-5-12(6-4-11)18(28)26-17-14(10-24-27(17)2)19(29)25-15-8-7-13(20)9-23-15/h3-10H,1-2H3,(H2,21,22)(H,26,28)(H,23,25,29). The van der Waals surface area contributed by atoms with Crippen molar-refractivity contribution in [3.63, 3.8) is 0 Å². The van der Waals surface area contributed by atoms with Crippen LogP contribution in [0.3, 0.4) is 0 Å². The average Bonchev–Trinajstić information content (AvgIpc) is 3.09. The second kappa shape index (κ2) is 8.53. The van der Waals surface area contributed by atoms with E-state index in [0.717, 1.165) is 0 Å². The first-order valence-electron chi connectivity index (χ1n) is 8.52. The number of nitrogens with zero attached hydrogens (tertiary/aromatic N) is 3. The van der Waals surface area contributed by atoms with Gasteiger partial charge in [0.25, 0.3) is 11.8 Å². The van der Waals surface area contributed by atoms with Gasteiger partial charge < -0.3 is 16.0 Å². The topological polar surface area (TPSA) is 125 Å². The lowest BCUT2D eigenvalue weighted by molar-refractivity contribution is 0.102. The molecule has 0 saturated carbocycles. The molecule has 1 aromatic carbocycles. The molecule has 0 fully saturated rings. The van der Waals surface area contributed by atoms with E-state index in [1.54, 1.807) is 50.5 Å². The summed E-state index contributed by atoms with van der Waals surface area (Å²) in [7, 11) is 3.27. The quantitative estimate of drug-likeness (QED) is 0.379. The van der Waals surface area contributed by atoms with Gasteiger partial charge in [0.1, 0.15) is 23.0 Å². The molecule has 0 radical (unpaired) electrons. The van der Waals surface area contributed by atoms with Gasteiger partial charge in [-0.3, -0.25) is 19.7 Å². The number of amides is 2. The van der Waals surface area contributed by atoms with Gasteiger partial charge in [-0.15, -0.1) is 0 Å². The van der Waals surface area contributed by atoms with Gasteiger partial charge in [-0.2, -0.15) is 5.10 Å². The number of carbonyl (C=O) groups is 2. The molecule has 0 atom stereocenters. The molecular formula is C19H18ClN7O2. The van der Waals surface area contributed by atoms with Crippen LogP contribution in [0.5, 0.6) is 0 Å². The molecule has 2 aromatic heterocycles. The Hall–Kier alpha value is -3.72. The Morgan fingerprint density at radius 3 is 2.31 bits per heavy atom. The zero-order valence-corrected chi connectivity index (χ0v) is 16.4. The monoisotopic (exact) mass is 411 g/mol.